The van der Waals surface area contributed by atoms with E-state index in [1.807, 2.05) is 41.4 Å². The molecular formula is C28H37N3O5. The fourth-order valence-electron chi connectivity index (χ4n) is 5.02. The van der Waals surface area contributed by atoms with E-state index in [0.717, 1.165) is 36.5 Å². The average molecular weight is 496 g/mol. The molecule has 0 radical (unpaired) electrons. The molecule has 3 aliphatic heterocycles. The second-order valence-electron chi connectivity index (χ2n) is 9.58. The number of hydrogen-bond acceptors (Lipinski definition) is 8. The number of carbonyl (C=O) groups excluding carboxylic acids is 2. The molecule has 0 amide bonds. The van der Waals surface area contributed by atoms with E-state index in [1.54, 1.807) is 13.8 Å². The van der Waals surface area contributed by atoms with Crippen molar-refractivity contribution in [3.05, 3.63) is 53.2 Å². The molecule has 0 spiro atoms. The highest BCUT2D eigenvalue weighted by molar-refractivity contribution is 6.08. The fourth-order valence-corrected chi connectivity index (χ4v) is 5.02. The predicted molar refractivity (Wildman–Crippen MR) is 138 cm³/mol. The SMILES string of the molecule is CCOC(=O)C1=C2C(c3ccccc3)=CC(N3CCOCC3)=NN2C(CCC(C)C)C1C(=O)OCC. The summed E-state index contributed by atoms with van der Waals surface area (Å²) >= 11 is 0. The lowest BCUT2D eigenvalue weighted by molar-refractivity contribution is -0.151. The largest absolute Gasteiger partial charge is 0.465 e. The minimum absolute atomic E-state index is 0.217. The molecule has 2 atom stereocenters. The average Bonchev–Trinajstić information content (AvgIpc) is 3.22. The van der Waals surface area contributed by atoms with Crippen LogP contribution in [0.1, 0.15) is 46.1 Å². The molecule has 1 aromatic carbocycles. The molecule has 8 heteroatoms. The Morgan fingerprint density at radius 2 is 1.78 bits per heavy atom. The summed E-state index contributed by atoms with van der Waals surface area (Å²) < 4.78 is 16.6. The lowest BCUT2D eigenvalue weighted by Crippen LogP contribution is -2.44. The molecule has 1 fully saturated rings. The van der Waals surface area contributed by atoms with E-state index in [2.05, 4.69) is 18.7 Å². The van der Waals surface area contributed by atoms with Crippen LogP contribution in [-0.2, 0) is 23.8 Å². The Kier molecular flexibility index (Phi) is 8.46. The number of carbonyl (C=O) groups is 2. The summed E-state index contributed by atoms with van der Waals surface area (Å²) in [5.74, 6) is -0.443. The number of allylic oxidation sites excluding steroid dienone is 1. The van der Waals surface area contributed by atoms with Gasteiger partial charge in [0.25, 0.3) is 0 Å². The number of hydrazone groups is 1. The topological polar surface area (TPSA) is 80.7 Å². The van der Waals surface area contributed by atoms with Crippen molar-refractivity contribution >= 4 is 23.3 Å². The van der Waals surface area contributed by atoms with Crippen molar-refractivity contribution in [1.29, 1.82) is 0 Å². The molecule has 194 valence electrons. The molecule has 0 aromatic heterocycles. The summed E-state index contributed by atoms with van der Waals surface area (Å²) in [7, 11) is 0. The Labute approximate surface area is 213 Å². The van der Waals surface area contributed by atoms with Crippen LogP contribution in [0.2, 0.25) is 0 Å². The van der Waals surface area contributed by atoms with Crippen LogP contribution >= 0.6 is 0 Å². The van der Waals surface area contributed by atoms with E-state index in [1.165, 1.54) is 0 Å². The third kappa shape index (κ3) is 5.33. The van der Waals surface area contributed by atoms with Gasteiger partial charge >= 0.3 is 11.9 Å². The van der Waals surface area contributed by atoms with Crippen molar-refractivity contribution in [3.63, 3.8) is 0 Å². The van der Waals surface area contributed by atoms with Crippen molar-refractivity contribution in [2.45, 2.75) is 46.6 Å². The molecular weight excluding hydrogens is 458 g/mol. The number of fused-ring (bicyclic) bond motifs is 1. The first kappa shape index (κ1) is 25.9. The van der Waals surface area contributed by atoms with E-state index < -0.39 is 17.9 Å². The van der Waals surface area contributed by atoms with E-state index in [0.29, 0.717) is 36.8 Å². The van der Waals surface area contributed by atoms with Crippen molar-refractivity contribution in [2.24, 2.45) is 16.9 Å². The zero-order chi connectivity index (χ0) is 25.7. The molecule has 4 rings (SSSR count). The normalized spacial score (nSPS) is 21.8. The number of amidine groups is 1. The van der Waals surface area contributed by atoms with Gasteiger partial charge in [0.05, 0.1) is 43.7 Å². The van der Waals surface area contributed by atoms with Crippen molar-refractivity contribution in [3.8, 4) is 0 Å². The number of benzene rings is 1. The van der Waals surface area contributed by atoms with Gasteiger partial charge in [0.2, 0.25) is 0 Å². The molecule has 1 aromatic rings. The zero-order valence-electron chi connectivity index (χ0n) is 21.7. The second-order valence-corrected chi connectivity index (χ2v) is 9.58. The number of hydrogen-bond donors (Lipinski definition) is 0. The summed E-state index contributed by atoms with van der Waals surface area (Å²) in [5, 5.41) is 6.96. The van der Waals surface area contributed by atoms with Gasteiger partial charge in [-0.2, -0.15) is 5.10 Å². The summed E-state index contributed by atoms with van der Waals surface area (Å²) in [4.78, 5) is 29.0. The van der Waals surface area contributed by atoms with E-state index in [4.69, 9.17) is 19.3 Å². The number of morpholine rings is 1. The standard InChI is InChI=1S/C28H37N3O5/c1-5-35-27(32)24-22(13-12-19(3)4)31-26(25(24)28(33)36-6-2)21(20-10-8-7-9-11-20)18-23(29-31)30-14-16-34-17-15-30/h7-11,18-19,22,24H,5-6,12-17H2,1-4H3. The number of esters is 2. The summed E-state index contributed by atoms with van der Waals surface area (Å²) in [6.45, 7) is 11.0. The summed E-state index contributed by atoms with van der Waals surface area (Å²) in [6.07, 6.45) is 3.60. The Bertz CT molecular complexity index is 1040. The highest BCUT2D eigenvalue weighted by atomic mass is 16.5. The van der Waals surface area contributed by atoms with Crippen LogP contribution in [0.15, 0.2) is 52.8 Å². The van der Waals surface area contributed by atoms with Gasteiger partial charge < -0.3 is 19.1 Å². The lowest BCUT2D eigenvalue weighted by atomic mass is 9.88. The third-order valence-electron chi connectivity index (χ3n) is 6.73. The molecule has 2 unspecified atom stereocenters. The molecule has 0 N–H and O–H groups in total. The summed E-state index contributed by atoms with van der Waals surface area (Å²) in [6, 6.07) is 9.60. The fraction of sp³-hybridized carbons (Fsp3) is 0.536. The highest BCUT2D eigenvalue weighted by Crippen LogP contribution is 2.46. The maximum atomic E-state index is 13.4. The third-order valence-corrected chi connectivity index (χ3v) is 6.73. The highest BCUT2D eigenvalue weighted by Gasteiger charge is 2.51. The molecule has 8 nitrogen and oxygen atoms in total. The quantitative estimate of drug-likeness (QED) is 0.507. The van der Waals surface area contributed by atoms with Gasteiger partial charge in [-0.3, -0.25) is 9.80 Å². The first-order chi connectivity index (χ1) is 17.5. The van der Waals surface area contributed by atoms with Crippen LogP contribution in [0.5, 0.6) is 0 Å². The Hall–Kier alpha value is -3.13. The maximum Gasteiger partial charge on any atom is 0.337 e. The van der Waals surface area contributed by atoms with Crippen LogP contribution in [0, 0.1) is 11.8 Å². The maximum absolute atomic E-state index is 13.4. The Morgan fingerprint density at radius 1 is 1.08 bits per heavy atom. The minimum atomic E-state index is -0.780. The first-order valence-corrected chi connectivity index (χ1v) is 13.0. The van der Waals surface area contributed by atoms with Gasteiger partial charge in [-0.25, -0.2) is 4.79 Å². The molecule has 3 aliphatic rings. The van der Waals surface area contributed by atoms with Gasteiger partial charge in [-0.15, -0.1) is 0 Å². The van der Waals surface area contributed by atoms with Crippen molar-refractivity contribution < 1.29 is 23.8 Å². The van der Waals surface area contributed by atoms with Gasteiger partial charge in [0.15, 0.2) is 0 Å². The van der Waals surface area contributed by atoms with Gasteiger partial charge in [-0.1, -0.05) is 44.2 Å². The minimum Gasteiger partial charge on any atom is -0.465 e. The smallest absolute Gasteiger partial charge is 0.337 e. The van der Waals surface area contributed by atoms with Gasteiger partial charge in [-0.05, 0) is 44.2 Å². The van der Waals surface area contributed by atoms with Gasteiger partial charge in [0, 0.05) is 18.7 Å². The lowest BCUT2D eigenvalue weighted by Gasteiger charge is -2.36. The second kappa shape index (κ2) is 11.7. The van der Waals surface area contributed by atoms with Crippen LogP contribution in [0.4, 0.5) is 0 Å². The molecule has 0 aliphatic carbocycles. The van der Waals surface area contributed by atoms with Crippen molar-refractivity contribution in [1.82, 2.24) is 9.91 Å². The first-order valence-electron chi connectivity index (χ1n) is 13.0. The van der Waals surface area contributed by atoms with Crippen LogP contribution < -0.4 is 0 Å². The molecule has 1 saturated heterocycles. The molecule has 0 saturated carbocycles. The van der Waals surface area contributed by atoms with Crippen LogP contribution in [-0.4, -0.2) is 73.2 Å². The van der Waals surface area contributed by atoms with E-state index >= 15 is 0 Å². The number of nitrogens with zero attached hydrogens (tertiary/aromatic N) is 3. The Balaban J connectivity index is 1.91. The van der Waals surface area contributed by atoms with Crippen LogP contribution in [0.25, 0.3) is 5.57 Å². The van der Waals surface area contributed by atoms with Gasteiger partial charge in [0.1, 0.15) is 11.8 Å². The monoisotopic (exact) mass is 495 g/mol. The molecule has 36 heavy (non-hydrogen) atoms. The number of rotatable bonds is 8. The van der Waals surface area contributed by atoms with Crippen molar-refractivity contribution in [2.75, 3.05) is 39.5 Å². The number of ether oxygens (including phenoxy) is 3. The molecule has 0 bridgehead atoms. The summed E-state index contributed by atoms with van der Waals surface area (Å²) in [5.41, 5.74) is 2.79. The zero-order valence-corrected chi connectivity index (χ0v) is 21.7. The van der Waals surface area contributed by atoms with Crippen LogP contribution in [0.3, 0.4) is 0 Å². The Morgan fingerprint density at radius 3 is 2.42 bits per heavy atom. The predicted octanol–water partition coefficient (Wildman–Crippen LogP) is 3.85. The molecule has 3 heterocycles. The van der Waals surface area contributed by atoms with E-state index in [9.17, 15) is 9.59 Å². The van der Waals surface area contributed by atoms with E-state index in [-0.39, 0.29) is 19.3 Å².